The summed E-state index contributed by atoms with van der Waals surface area (Å²) in [5.41, 5.74) is -0.517. The Morgan fingerprint density at radius 1 is 1.13 bits per heavy atom. The largest absolute Gasteiger partial charge is 0.508 e. The number of carboxylic acid groups (broad SMARTS) is 1. The number of phenols is 1. The minimum absolute atomic E-state index is 0.0393. The highest BCUT2D eigenvalue weighted by Gasteiger charge is 2.49. The predicted octanol–water partition coefficient (Wildman–Crippen LogP) is 4.82. The van der Waals surface area contributed by atoms with Gasteiger partial charge < -0.3 is 29.9 Å². The first kappa shape index (κ1) is 31.2. The number of rotatable bonds is 8. The number of hydrogen-bond donors (Lipinski definition) is 3. The molecular weight excluding hydrogens is 617 g/mol. The highest BCUT2D eigenvalue weighted by molar-refractivity contribution is 6.01. The summed E-state index contributed by atoms with van der Waals surface area (Å²) in [6.07, 6.45) is 1.81. The molecule has 3 N–H and O–H groups in total. The summed E-state index contributed by atoms with van der Waals surface area (Å²) in [6, 6.07) is 5.32. The summed E-state index contributed by atoms with van der Waals surface area (Å²) in [4.78, 5) is 28.8. The van der Waals surface area contributed by atoms with Crippen LogP contribution < -0.4 is 15.0 Å². The fraction of sp³-hybridized carbons (Fsp3) is 0.455. The van der Waals surface area contributed by atoms with Crippen LogP contribution in [0.5, 0.6) is 11.8 Å². The molecule has 248 valence electrons. The zero-order valence-corrected chi connectivity index (χ0v) is 25.6. The van der Waals surface area contributed by atoms with Gasteiger partial charge in [-0.25, -0.2) is 18.0 Å². The maximum Gasteiger partial charge on any atom is 0.505 e. The van der Waals surface area contributed by atoms with Crippen molar-refractivity contribution < 1.29 is 37.7 Å². The van der Waals surface area contributed by atoms with Gasteiger partial charge in [-0.05, 0) is 66.9 Å². The summed E-state index contributed by atoms with van der Waals surface area (Å²) >= 11 is 0. The van der Waals surface area contributed by atoms with Crippen molar-refractivity contribution in [2.24, 2.45) is 0 Å². The van der Waals surface area contributed by atoms with Crippen LogP contribution in [-0.4, -0.2) is 100 Å². The van der Waals surface area contributed by atoms with Crippen LogP contribution in [0.1, 0.15) is 31.2 Å². The smallest absolute Gasteiger partial charge is 0.505 e. The van der Waals surface area contributed by atoms with E-state index in [2.05, 4.69) is 24.9 Å². The number of pyridine rings is 1. The maximum atomic E-state index is 16.8. The first-order valence-electron chi connectivity index (χ1n) is 15.9. The van der Waals surface area contributed by atoms with E-state index in [1.54, 1.807) is 0 Å². The van der Waals surface area contributed by atoms with Crippen LogP contribution in [0, 0.1) is 11.6 Å². The van der Waals surface area contributed by atoms with Gasteiger partial charge in [0.1, 0.15) is 41.4 Å². The molecule has 14 heteroatoms. The lowest BCUT2D eigenvalue weighted by atomic mass is 9.94. The molecule has 1 unspecified atom stereocenters. The van der Waals surface area contributed by atoms with E-state index in [-0.39, 0.29) is 59.1 Å². The van der Waals surface area contributed by atoms with E-state index in [4.69, 9.17) is 14.8 Å². The molecule has 2 aromatic carbocycles. The fourth-order valence-electron chi connectivity index (χ4n) is 7.39. The molecule has 0 spiro atoms. The molecule has 7 rings (SSSR count). The monoisotopic (exact) mass is 652 g/mol. The Labute approximate surface area is 268 Å². The third kappa shape index (κ3) is 5.95. The third-order valence-electron chi connectivity index (χ3n) is 9.50. The summed E-state index contributed by atoms with van der Waals surface area (Å²) in [7, 11) is 0. The molecule has 3 fully saturated rings. The van der Waals surface area contributed by atoms with Gasteiger partial charge in [0.25, 0.3) is 0 Å². The van der Waals surface area contributed by atoms with Gasteiger partial charge in [-0.1, -0.05) is 6.07 Å². The molecule has 11 nitrogen and oxygen atoms in total. The van der Waals surface area contributed by atoms with E-state index < -0.39 is 29.5 Å². The van der Waals surface area contributed by atoms with Crippen molar-refractivity contribution in [3.63, 3.8) is 0 Å². The predicted molar refractivity (Wildman–Crippen MR) is 168 cm³/mol. The number of aromatic nitrogens is 3. The van der Waals surface area contributed by atoms with Crippen LogP contribution in [0.4, 0.5) is 23.8 Å². The number of halogens is 3. The van der Waals surface area contributed by atoms with E-state index in [9.17, 15) is 14.3 Å². The number of benzene rings is 2. The van der Waals surface area contributed by atoms with Gasteiger partial charge in [-0.2, -0.15) is 9.97 Å². The number of nitrogens with zero attached hydrogens (tertiary/aromatic N) is 5. The Morgan fingerprint density at radius 3 is 2.85 bits per heavy atom. The SMILES string of the molecule is O=C(O)OCCc1c(F)ccc2cc(O)cc(-c3ncc4c(N5CCCNCC5)nc(OC[C@@]56CCCN5CC(F)C6)nc4c3F)c12. The van der Waals surface area contributed by atoms with Crippen molar-refractivity contribution in [3.05, 3.63) is 47.7 Å². The van der Waals surface area contributed by atoms with Gasteiger partial charge in [-0.15, -0.1) is 0 Å². The molecule has 2 aromatic heterocycles. The Kier molecular flexibility index (Phi) is 8.39. The molecule has 3 aliphatic rings. The van der Waals surface area contributed by atoms with Gasteiger partial charge >= 0.3 is 12.2 Å². The summed E-state index contributed by atoms with van der Waals surface area (Å²) in [5.74, 6) is -1.20. The number of hydrogen-bond acceptors (Lipinski definition) is 10. The number of phenolic OH excluding ortho intramolecular Hbond substituents is 1. The van der Waals surface area contributed by atoms with Gasteiger partial charge in [0, 0.05) is 50.8 Å². The quantitative estimate of drug-likeness (QED) is 0.226. The molecule has 5 heterocycles. The van der Waals surface area contributed by atoms with Crippen molar-refractivity contribution >= 4 is 33.6 Å². The number of ether oxygens (including phenoxy) is 2. The van der Waals surface area contributed by atoms with E-state index in [1.807, 2.05) is 4.90 Å². The normalized spacial score (nSPS) is 21.7. The molecule has 0 radical (unpaired) electrons. The molecule has 3 saturated heterocycles. The average molecular weight is 653 g/mol. The second kappa shape index (κ2) is 12.6. The Hall–Kier alpha value is -4.43. The molecule has 0 amide bonds. The molecule has 4 aromatic rings. The van der Waals surface area contributed by atoms with Crippen LogP contribution in [0.25, 0.3) is 32.9 Å². The molecule has 0 saturated carbocycles. The first-order valence-corrected chi connectivity index (χ1v) is 15.9. The standard InChI is InChI=1S/C33H35F3N6O5/c34-20-15-33(6-1-10-42(33)17-20)18-47-31-39-29-24(30(40-31)41-9-2-7-37-8-11-41)16-38-28(27(29)36)23-14-21(43)13-19-3-4-25(35)22(26(19)23)5-12-46-32(44)45/h3-4,13-14,16,20,37,43H,1-2,5-12,15,17-18H2,(H,44,45)/t20?,33-/m0/s1. The summed E-state index contributed by atoms with van der Waals surface area (Å²) < 4.78 is 57.3. The van der Waals surface area contributed by atoms with Crippen LogP contribution in [-0.2, 0) is 11.2 Å². The lowest BCUT2D eigenvalue weighted by Crippen LogP contribution is -2.43. The minimum atomic E-state index is -1.50. The molecule has 47 heavy (non-hydrogen) atoms. The highest BCUT2D eigenvalue weighted by atomic mass is 19.1. The van der Waals surface area contributed by atoms with Gasteiger partial charge in [0.2, 0.25) is 0 Å². The zero-order valence-electron chi connectivity index (χ0n) is 25.6. The lowest BCUT2D eigenvalue weighted by Gasteiger charge is -2.31. The minimum Gasteiger partial charge on any atom is -0.508 e. The highest BCUT2D eigenvalue weighted by Crippen LogP contribution is 2.42. The van der Waals surface area contributed by atoms with Gasteiger partial charge in [0.15, 0.2) is 5.82 Å². The molecular formula is C33H35F3N6O5. The van der Waals surface area contributed by atoms with E-state index in [0.29, 0.717) is 49.2 Å². The lowest BCUT2D eigenvalue weighted by molar-refractivity contribution is 0.0925. The molecule has 2 atom stereocenters. The van der Waals surface area contributed by atoms with Crippen LogP contribution in [0.3, 0.4) is 0 Å². The topological polar surface area (TPSA) is 133 Å². The Bertz CT molecular complexity index is 1840. The second-order valence-corrected chi connectivity index (χ2v) is 12.4. The number of aromatic hydroxyl groups is 1. The zero-order chi connectivity index (χ0) is 32.7. The van der Waals surface area contributed by atoms with Crippen LogP contribution in [0.2, 0.25) is 0 Å². The number of alkyl halides is 1. The number of anilines is 1. The van der Waals surface area contributed by atoms with Crippen LogP contribution in [0.15, 0.2) is 30.5 Å². The third-order valence-corrected chi connectivity index (χ3v) is 9.50. The second-order valence-electron chi connectivity index (χ2n) is 12.4. The van der Waals surface area contributed by atoms with Crippen LogP contribution >= 0.6 is 0 Å². The van der Waals surface area contributed by atoms with Crippen molar-refractivity contribution in [2.45, 2.75) is 43.8 Å². The van der Waals surface area contributed by atoms with Crippen molar-refractivity contribution in [1.29, 1.82) is 0 Å². The Morgan fingerprint density at radius 2 is 2.00 bits per heavy atom. The molecule has 3 aliphatic heterocycles. The Balaban J connectivity index is 1.35. The van der Waals surface area contributed by atoms with E-state index in [1.165, 1.54) is 30.5 Å². The first-order chi connectivity index (χ1) is 22.7. The number of fused-ring (bicyclic) bond motifs is 3. The molecule has 0 aliphatic carbocycles. The van der Waals surface area contributed by atoms with E-state index in [0.717, 1.165) is 32.4 Å². The van der Waals surface area contributed by atoms with E-state index >= 15 is 8.78 Å². The summed E-state index contributed by atoms with van der Waals surface area (Å²) in [6.45, 7) is 3.77. The van der Waals surface area contributed by atoms with Crippen molar-refractivity contribution in [2.75, 3.05) is 57.4 Å². The molecule has 0 bridgehead atoms. The summed E-state index contributed by atoms with van der Waals surface area (Å²) in [5, 5.41) is 23.9. The maximum absolute atomic E-state index is 16.8. The van der Waals surface area contributed by atoms with Gasteiger partial charge in [0.05, 0.1) is 17.5 Å². The number of carbonyl (C=O) groups is 1. The number of nitrogens with one attached hydrogen (secondary N) is 1. The fourth-order valence-corrected chi connectivity index (χ4v) is 7.39. The van der Waals surface area contributed by atoms with Gasteiger partial charge in [-0.3, -0.25) is 9.88 Å². The average Bonchev–Trinajstić information content (AvgIpc) is 3.42. The van der Waals surface area contributed by atoms with Crippen molar-refractivity contribution in [3.8, 4) is 23.0 Å². The van der Waals surface area contributed by atoms with Crippen molar-refractivity contribution in [1.82, 2.24) is 25.2 Å².